The number of fused-ring (bicyclic) bond motifs is 2. The van der Waals surface area contributed by atoms with Crippen LogP contribution in [0.15, 0.2) is 65.3 Å². The Balaban J connectivity index is 1.24. The number of nitrogens with one attached hydrogen (secondary N) is 1. The van der Waals surface area contributed by atoms with Crippen molar-refractivity contribution in [2.75, 3.05) is 18.1 Å². The van der Waals surface area contributed by atoms with Crippen LogP contribution >= 0.6 is 0 Å². The first-order valence-electron chi connectivity index (χ1n) is 10.3. The van der Waals surface area contributed by atoms with E-state index in [1.807, 2.05) is 30.3 Å². The number of carbonyl (C=O) groups excluding carboxylic acids is 1. The van der Waals surface area contributed by atoms with E-state index in [2.05, 4.69) is 35.3 Å². The minimum absolute atomic E-state index is 0.165. The Labute approximate surface area is 175 Å². The molecule has 3 heterocycles. The zero-order valence-electron chi connectivity index (χ0n) is 16.8. The van der Waals surface area contributed by atoms with Crippen molar-refractivity contribution >= 4 is 11.6 Å². The lowest BCUT2D eigenvalue weighted by Gasteiger charge is -2.26. The van der Waals surface area contributed by atoms with E-state index in [1.54, 1.807) is 12.3 Å². The Morgan fingerprint density at radius 1 is 1.10 bits per heavy atom. The van der Waals surface area contributed by atoms with Gasteiger partial charge in [-0.25, -0.2) is 0 Å². The maximum Gasteiger partial charge on any atom is 0.255 e. The summed E-state index contributed by atoms with van der Waals surface area (Å²) >= 11 is 0. The van der Waals surface area contributed by atoms with E-state index < -0.39 is 0 Å². The van der Waals surface area contributed by atoms with Crippen LogP contribution in [0.25, 0.3) is 0 Å². The molecule has 2 atom stereocenters. The average Bonchev–Trinajstić information content (AvgIpc) is 3.36. The van der Waals surface area contributed by atoms with Gasteiger partial charge in [0, 0.05) is 11.7 Å². The molecule has 0 radical (unpaired) electrons. The third-order valence-corrected chi connectivity index (χ3v) is 5.71. The van der Waals surface area contributed by atoms with Gasteiger partial charge in [0.1, 0.15) is 18.5 Å². The maximum atomic E-state index is 12.8. The molecule has 0 saturated carbocycles. The summed E-state index contributed by atoms with van der Waals surface area (Å²) in [6.45, 7) is 3.52. The summed E-state index contributed by atoms with van der Waals surface area (Å²) in [5.41, 5.74) is 3.10. The molecule has 0 bridgehead atoms. The highest BCUT2D eigenvalue weighted by Gasteiger charge is 2.28. The largest absolute Gasteiger partial charge is 0.486 e. The Morgan fingerprint density at radius 2 is 1.90 bits per heavy atom. The SMILES string of the molecule is CC1Cc2ccccc2N1Cc1occc1C(=O)NCC1COc2ccccc2O1. The molecule has 0 aliphatic carbocycles. The van der Waals surface area contributed by atoms with E-state index in [1.165, 1.54) is 11.3 Å². The zero-order valence-corrected chi connectivity index (χ0v) is 16.8. The van der Waals surface area contributed by atoms with E-state index in [4.69, 9.17) is 13.9 Å². The molecule has 6 nitrogen and oxygen atoms in total. The lowest BCUT2D eigenvalue weighted by molar-refractivity contribution is 0.0788. The second-order valence-electron chi connectivity index (χ2n) is 7.77. The molecule has 1 aromatic heterocycles. The van der Waals surface area contributed by atoms with Gasteiger partial charge in [0.2, 0.25) is 0 Å². The third-order valence-electron chi connectivity index (χ3n) is 5.71. The second kappa shape index (κ2) is 7.78. The number of nitrogens with zero attached hydrogens (tertiary/aromatic N) is 1. The highest BCUT2D eigenvalue weighted by atomic mass is 16.6. The van der Waals surface area contributed by atoms with Gasteiger partial charge in [0.15, 0.2) is 11.5 Å². The maximum absolute atomic E-state index is 12.8. The number of furan rings is 1. The summed E-state index contributed by atoms with van der Waals surface area (Å²) in [6, 6.07) is 18.0. The molecule has 154 valence electrons. The van der Waals surface area contributed by atoms with Crippen LogP contribution in [0.3, 0.4) is 0 Å². The minimum Gasteiger partial charge on any atom is -0.486 e. The highest BCUT2D eigenvalue weighted by molar-refractivity contribution is 5.95. The normalized spacial score (nSPS) is 19.4. The van der Waals surface area contributed by atoms with Crippen molar-refractivity contribution in [3.05, 3.63) is 77.7 Å². The van der Waals surface area contributed by atoms with Crippen LogP contribution in [0, 0.1) is 0 Å². The van der Waals surface area contributed by atoms with E-state index in [0.29, 0.717) is 42.8 Å². The number of ether oxygens (including phenoxy) is 2. The Bertz CT molecular complexity index is 1060. The van der Waals surface area contributed by atoms with Crippen LogP contribution in [-0.4, -0.2) is 31.2 Å². The third kappa shape index (κ3) is 3.49. The molecule has 0 spiro atoms. The van der Waals surface area contributed by atoms with E-state index in [9.17, 15) is 4.79 Å². The van der Waals surface area contributed by atoms with Crippen molar-refractivity contribution in [1.82, 2.24) is 5.32 Å². The first-order chi connectivity index (χ1) is 14.7. The number of carbonyl (C=O) groups is 1. The van der Waals surface area contributed by atoms with Crippen LogP contribution in [0.5, 0.6) is 11.5 Å². The number of amides is 1. The molecule has 6 heteroatoms. The predicted molar refractivity (Wildman–Crippen MR) is 113 cm³/mol. The van der Waals surface area contributed by atoms with Crippen LogP contribution in [0.1, 0.15) is 28.6 Å². The molecule has 3 aromatic rings. The summed E-state index contributed by atoms with van der Waals surface area (Å²) < 4.78 is 17.3. The fraction of sp³-hybridized carbons (Fsp3) is 0.292. The van der Waals surface area contributed by atoms with Crippen LogP contribution in [-0.2, 0) is 13.0 Å². The molecule has 30 heavy (non-hydrogen) atoms. The van der Waals surface area contributed by atoms with E-state index >= 15 is 0 Å². The monoisotopic (exact) mass is 404 g/mol. The topological polar surface area (TPSA) is 63.9 Å². The molecule has 1 N–H and O–H groups in total. The second-order valence-corrected chi connectivity index (χ2v) is 7.77. The fourth-order valence-corrected chi connectivity index (χ4v) is 4.16. The Kier molecular flexibility index (Phi) is 4.83. The summed E-state index contributed by atoms with van der Waals surface area (Å²) in [7, 11) is 0. The lowest BCUT2D eigenvalue weighted by atomic mass is 10.1. The molecule has 2 aliphatic rings. The van der Waals surface area contributed by atoms with Gasteiger partial charge in [0.25, 0.3) is 5.91 Å². The quantitative estimate of drug-likeness (QED) is 0.701. The summed E-state index contributed by atoms with van der Waals surface area (Å²) in [6.07, 6.45) is 2.34. The van der Waals surface area contributed by atoms with Gasteiger partial charge in [-0.2, -0.15) is 0 Å². The van der Waals surface area contributed by atoms with Gasteiger partial charge in [-0.15, -0.1) is 0 Å². The zero-order chi connectivity index (χ0) is 20.5. The van der Waals surface area contributed by atoms with E-state index in [-0.39, 0.29) is 12.0 Å². The van der Waals surface area contributed by atoms with Crippen molar-refractivity contribution in [2.45, 2.75) is 32.0 Å². The van der Waals surface area contributed by atoms with Gasteiger partial charge in [0.05, 0.1) is 24.9 Å². The molecule has 2 unspecified atom stereocenters. The first kappa shape index (κ1) is 18.6. The van der Waals surface area contributed by atoms with Crippen molar-refractivity contribution in [3.63, 3.8) is 0 Å². The van der Waals surface area contributed by atoms with Crippen LogP contribution in [0.4, 0.5) is 5.69 Å². The van der Waals surface area contributed by atoms with Crippen molar-refractivity contribution in [3.8, 4) is 11.5 Å². The summed E-state index contributed by atoms with van der Waals surface area (Å²) in [4.78, 5) is 15.1. The van der Waals surface area contributed by atoms with Crippen LogP contribution in [0.2, 0.25) is 0 Å². The fourth-order valence-electron chi connectivity index (χ4n) is 4.16. The molecule has 1 amide bonds. The van der Waals surface area contributed by atoms with E-state index in [0.717, 1.165) is 12.2 Å². The molecule has 5 rings (SSSR count). The minimum atomic E-state index is -0.232. The molecular formula is C24H24N2O4. The number of benzene rings is 2. The molecule has 2 aliphatic heterocycles. The Morgan fingerprint density at radius 3 is 2.80 bits per heavy atom. The summed E-state index contributed by atoms with van der Waals surface area (Å²) in [5, 5.41) is 2.96. The smallest absolute Gasteiger partial charge is 0.255 e. The van der Waals surface area contributed by atoms with Gasteiger partial charge >= 0.3 is 0 Å². The number of para-hydroxylation sites is 3. The number of hydrogen-bond acceptors (Lipinski definition) is 5. The van der Waals surface area contributed by atoms with Crippen molar-refractivity contribution in [1.29, 1.82) is 0 Å². The molecular weight excluding hydrogens is 380 g/mol. The predicted octanol–water partition coefficient (Wildman–Crippen LogP) is 3.80. The van der Waals surface area contributed by atoms with Crippen molar-refractivity contribution in [2.24, 2.45) is 0 Å². The van der Waals surface area contributed by atoms with Gasteiger partial charge in [-0.05, 0) is 43.2 Å². The average molecular weight is 404 g/mol. The number of anilines is 1. The highest BCUT2D eigenvalue weighted by Crippen LogP contribution is 2.34. The first-order valence-corrected chi connectivity index (χ1v) is 10.3. The van der Waals surface area contributed by atoms with Gasteiger partial charge in [-0.1, -0.05) is 30.3 Å². The van der Waals surface area contributed by atoms with Gasteiger partial charge < -0.3 is 24.1 Å². The number of hydrogen-bond donors (Lipinski definition) is 1. The van der Waals surface area contributed by atoms with Crippen molar-refractivity contribution < 1.29 is 18.7 Å². The van der Waals surface area contributed by atoms with Crippen LogP contribution < -0.4 is 19.7 Å². The molecule has 0 saturated heterocycles. The van der Waals surface area contributed by atoms with Gasteiger partial charge in [-0.3, -0.25) is 4.79 Å². The molecule has 2 aromatic carbocycles. The Hall–Kier alpha value is -3.41. The summed E-state index contributed by atoms with van der Waals surface area (Å²) in [5.74, 6) is 1.94. The molecule has 0 fully saturated rings. The standard InChI is InChI=1S/C24H24N2O4/c1-16-12-17-6-2-3-7-20(17)26(16)14-23-19(10-11-28-23)24(27)25-13-18-15-29-21-8-4-5-9-22(21)30-18/h2-11,16,18H,12-15H2,1H3,(H,25,27). The number of rotatable bonds is 5. The lowest BCUT2D eigenvalue weighted by Crippen LogP contribution is -2.41.